The van der Waals surface area contributed by atoms with Crippen LogP contribution in [0.2, 0.25) is 0 Å². The fraction of sp³-hybridized carbons (Fsp3) is 0.154. The van der Waals surface area contributed by atoms with Crippen molar-refractivity contribution >= 4 is 34.1 Å². The molecule has 0 aliphatic heterocycles. The number of nitrogens with zero attached hydrogens (tertiary/aromatic N) is 1. The van der Waals surface area contributed by atoms with Crippen molar-refractivity contribution in [1.29, 1.82) is 0 Å². The van der Waals surface area contributed by atoms with E-state index in [0.29, 0.717) is 11.4 Å². The first-order valence-electron chi connectivity index (χ1n) is 5.72. The van der Waals surface area contributed by atoms with E-state index in [0.717, 1.165) is 4.47 Å². The molecule has 0 aliphatic rings. The summed E-state index contributed by atoms with van der Waals surface area (Å²) in [5.41, 5.74) is 0.867. The smallest absolute Gasteiger partial charge is 0.308 e. The molecule has 0 bridgehead atoms. The second-order valence-electron chi connectivity index (χ2n) is 4.22. The van der Waals surface area contributed by atoms with Crippen molar-refractivity contribution in [2.24, 2.45) is 0 Å². The summed E-state index contributed by atoms with van der Waals surface area (Å²) >= 11 is 8.48. The Balaban J connectivity index is 2.70. The second-order valence-corrected chi connectivity index (χ2v) is 5.52. The summed E-state index contributed by atoms with van der Waals surface area (Å²) in [6.07, 6.45) is -0.340. The molecule has 2 aromatic rings. The van der Waals surface area contributed by atoms with Gasteiger partial charge in [-0.1, -0.05) is 15.9 Å². The molecule has 0 aliphatic carbocycles. The lowest BCUT2D eigenvalue weighted by Gasteiger charge is -2.10. The van der Waals surface area contributed by atoms with E-state index in [-0.39, 0.29) is 16.8 Å². The Morgan fingerprint density at radius 3 is 2.55 bits per heavy atom. The molecular weight excluding hydrogens is 344 g/mol. The van der Waals surface area contributed by atoms with E-state index < -0.39 is 11.5 Å². The third kappa shape index (κ3) is 2.88. The monoisotopic (exact) mass is 354 g/mol. The molecule has 7 heteroatoms. The summed E-state index contributed by atoms with van der Waals surface area (Å²) in [5, 5.41) is 8.89. The van der Waals surface area contributed by atoms with Crippen molar-refractivity contribution < 1.29 is 9.90 Å². The third-order valence-corrected chi connectivity index (χ3v) is 3.64. The molecule has 0 amide bonds. The Hall–Kier alpha value is -1.73. The number of hydrogen-bond donors (Lipinski definition) is 2. The maximum Gasteiger partial charge on any atom is 0.308 e. The number of hydrogen-bond acceptors (Lipinski definition) is 3. The summed E-state index contributed by atoms with van der Waals surface area (Å²) in [6.45, 7) is 1.64. The van der Waals surface area contributed by atoms with Crippen LogP contribution in [0, 0.1) is 11.7 Å². The van der Waals surface area contributed by atoms with Crippen LogP contribution in [0.4, 0.5) is 0 Å². The normalized spacial score (nSPS) is 10.5. The number of carboxylic acid groups (broad SMARTS) is 1. The highest BCUT2D eigenvalue weighted by atomic mass is 79.9. The average molecular weight is 355 g/mol. The molecule has 0 saturated heterocycles. The zero-order chi connectivity index (χ0) is 14.9. The fourth-order valence-corrected chi connectivity index (χ4v) is 2.47. The van der Waals surface area contributed by atoms with E-state index in [4.69, 9.17) is 17.3 Å². The van der Waals surface area contributed by atoms with Gasteiger partial charge in [0.25, 0.3) is 5.56 Å². The van der Waals surface area contributed by atoms with Gasteiger partial charge in [-0.15, -0.1) is 0 Å². The molecule has 0 fully saturated rings. The van der Waals surface area contributed by atoms with Gasteiger partial charge >= 0.3 is 5.97 Å². The van der Waals surface area contributed by atoms with Crippen molar-refractivity contribution in [3.8, 4) is 5.69 Å². The van der Waals surface area contributed by atoms with Gasteiger partial charge in [-0.25, -0.2) is 0 Å². The standard InChI is InChI=1S/C13H11BrN2O3S/c1-7-10(6-11(17)18)12(19)16(13(20)15-7)9-4-2-8(14)3-5-9/h2-5H,6H2,1H3,(H,15,20)(H,17,18). The summed E-state index contributed by atoms with van der Waals surface area (Å²) < 4.78 is 2.42. The third-order valence-electron chi connectivity index (χ3n) is 2.82. The Bertz CT molecular complexity index is 778. The van der Waals surface area contributed by atoms with Crippen LogP contribution in [-0.4, -0.2) is 20.6 Å². The van der Waals surface area contributed by atoms with Crippen LogP contribution in [0.5, 0.6) is 0 Å². The molecule has 0 spiro atoms. The molecule has 0 unspecified atom stereocenters. The predicted octanol–water partition coefficient (Wildman–Crippen LogP) is 2.59. The first-order valence-corrected chi connectivity index (χ1v) is 6.93. The van der Waals surface area contributed by atoms with E-state index >= 15 is 0 Å². The largest absolute Gasteiger partial charge is 0.481 e. The number of carboxylic acids is 1. The van der Waals surface area contributed by atoms with Crippen LogP contribution in [0.25, 0.3) is 5.69 Å². The number of halogens is 1. The van der Waals surface area contributed by atoms with Gasteiger partial charge in [0.1, 0.15) is 0 Å². The molecule has 2 rings (SSSR count). The quantitative estimate of drug-likeness (QED) is 0.830. The maximum absolute atomic E-state index is 12.4. The lowest BCUT2D eigenvalue weighted by molar-refractivity contribution is -0.136. The number of benzene rings is 1. The molecule has 5 nitrogen and oxygen atoms in total. The number of aromatic nitrogens is 2. The number of aromatic amines is 1. The van der Waals surface area contributed by atoms with Crippen LogP contribution in [-0.2, 0) is 11.2 Å². The van der Waals surface area contributed by atoms with Crippen molar-refractivity contribution in [2.75, 3.05) is 0 Å². The van der Waals surface area contributed by atoms with Crippen molar-refractivity contribution in [1.82, 2.24) is 9.55 Å². The lowest BCUT2D eigenvalue weighted by Crippen LogP contribution is -2.27. The number of carbonyl (C=O) groups is 1. The lowest BCUT2D eigenvalue weighted by atomic mass is 10.1. The van der Waals surface area contributed by atoms with Crippen molar-refractivity contribution in [3.05, 3.63) is 55.1 Å². The van der Waals surface area contributed by atoms with Gasteiger partial charge in [-0.3, -0.25) is 14.2 Å². The summed E-state index contributed by atoms with van der Waals surface area (Å²) in [4.78, 5) is 26.2. The Morgan fingerprint density at radius 2 is 2.00 bits per heavy atom. The highest BCUT2D eigenvalue weighted by Gasteiger charge is 2.14. The van der Waals surface area contributed by atoms with E-state index in [1.54, 1.807) is 31.2 Å². The first kappa shape index (κ1) is 14.7. The SMILES string of the molecule is Cc1[nH]c(=S)n(-c2ccc(Br)cc2)c(=O)c1CC(=O)O. The van der Waals surface area contributed by atoms with Crippen LogP contribution in [0.1, 0.15) is 11.3 Å². The topological polar surface area (TPSA) is 75.1 Å². The molecule has 104 valence electrons. The predicted molar refractivity (Wildman–Crippen MR) is 81.0 cm³/mol. The molecule has 1 aromatic heterocycles. The van der Waals surface area contributed by atoms with Crippen molar-refractivity contribution in [3.63, 3.8) is 0 Å². The van der Waals surface area contributed by atoms with Gasteiger partial charge in [0.05, 0.1) is 12.1 Å². The molecule has 1 aromatic carbocycles. The van der Waals surface area contributed by atoms with E-state index in [1.165, 1.54) is 4.57 Å². The number of aliphatic carboxylic acids is 1. The summed E-state index contributed by atoms with van der Waals surface area (Å²) in [6, 6.07) is 7.03. The van der Waals surface area contributed by atoms with Crippen molar-refractivity contribution in [2.45, 2.75) is 13.3 Å². The minimum atomic E-state index is -1.06. The van der Waals surface area contributed by atoms with E-state index in [9.17, 15) is 9.59 Å². The Morgan fingerprint density at radius 1 is 1.40 bits per heavy atom. The summed E-state index contributed by atoms with van der Waals surface area (Å²) in [7, 11) is 0. The van der Waals surface area contributed by atoms with E-state index in [1.807, 2.05) is 0 Å². The van der Waals surface area contributed by atoms with Gasteiger partial charge in [0, 0.05) is 15.7 Å². The highest BCUT2D eigenvalue weighted by Crippen LogP contribution is 2.13. The molecule has 0 radical (unpaired) electrons. The van der Waals surface area contributed by atoms with Gasteiger partial charge in [0.2, 0.25) is 0 Å². The highest BCUT2D eigenvalue weighted by molar-refractivity contribution is 9.10. The number of rotatable bonds is 3. The average Bonchev–Trinajstić information content (AvgIpc) is 2.36. The first-order chi connectivity index (χ1) is 9.40. The van der Waals surface area contributed by atoms with E-state index in [2.05, 4.69) is 20.9 Å². The van der Waals surface area contributed by atoms with Crippen LogP contribution in [0.3, 0.4) is 0 Å². The number of aryl methyl sites for hydroxylation is 1. The molecule has 0 atom stereocenters. The molecule has 2 N–H and O–H groups in total. The number of nitrogens with one attached hydrogen (secondary N) is 1. The van der Waals surface area contributed by atoms with Crippen LogP contribution in [0.15, 0.2) is 33.5 Å². The zero-order valence-electron chi connectivity index (χ0n) is 10.5. The van der Waals surface area contributed by atoms with Crippen LogP contribution < -0.4 is 5.56 Å². The van der Waals surface area contributed by atoms with Gasteiger partial charge in [0.15, 0.2) is 4.77 Å². The summed E-state index contributed by atoms with van der Waals surface area (Å²) in [5.74, 6) is -1.06. The molecule has 1 heterocycles. The fourth-order valence-electron chi connectivity index (χ4n) is 1.86. The van der Waals surface area contributed by atoms with Crippen LogP contribution >= 0.6 is 28.1 Å². The zero-order valence-corrected chi connectivity index (χ0v) is 12.9. The Kier molecular flexibility index (Phi) is 4.20. The molecule has 20 heavy (non-hydrogen) atoms. The molecule has 0 saturated carbocycles. The minimum Gasteiger partial charge on any atom is -0.481 e. The number of H-pyrrole nitrogens is 1. The van der Waals surface area contributed by atoms with Gasteiger partial charge in [-0.05, 0) is 43.4 Å². The minimum absolute atomic E-state index is 0.203. The van der Waals surface area contributed by atoms with Gasteiger partial charge in [-0.2, -0.15) is 0 Å². The maximum atomic E-state index is 12.4. The molecular formula is C13H11BrN2O3S. The second kappa shape index (κ2) is 5.72. The Labute approximate surface area is 128 Å². The van der Waals surface area contributed by atoms with Gasteiger partial charge < -0.3 is 10.1 Å².